The first-order valence-electron chi connectivity index (χ1n) is 10.9. The lowest BCUT2D eigenvalue weighted by Gasteiger charge is -2.26. The van der Waals surface area contributed by atoms with Crippen molar-refractivity contribution in [1.82, 2.24) is 10.1 Å². The maximum Gasteiger partial charge on any atom is 0.255 e. The van der Waals surface area contributed by atoms with Gasteiger partial charge < -0.3 is 9.84 Å². The third kappa shape index (κ3) is 4.92. The highest BCUT2D eigenvalue weighted by Gasteiger charge is 2.27. The van der Waals surface area contributed by atoms with Crippen molar-refractivity contribution in [3.63, 3.8) is 0 Å². The highest BCUT2D eigenvalue weighted by Crippen LogP contribution is 2.40. The van der Waals surface area contributed by atoms with Crippen LogP contribution < -0.4 is 5.32 Å². The predicted molar refractivity (Wildman–Crippen MR) is 122 cm³/mol. The summed E-state index contributed by atoms with van der Waals surface area (Å²) in [4.78, 5) is 14.9. The molecule has 5 rings (SSSR count). The van der Waals surface area contributed by atoms with Gasteiger partial charge in [0.25, 0.3) is 5.91 Å². The van der Waals surface area contributed by atoms with Crippen LogP contribution in [-0.2, 0) is 16.4 Å². The maximum atomic E-state index is 12.8. The van der Waals surface area contributed by atoms with Crippen LogP contribution in [0.15, 0.2) is 59.1 Å². The molecule has 0 bridgehead atoms. The quantitative estimate of drug-likeness (QED) is 0.614. The zero-order valence-corrected chi connectivity index (χ0v) is 18.5. The molecule has 1 N–H and O–H groups in total. The predicted octanol–water partition coefficient (Wildman–Crippen LogP) is 3.70. The standard InChI is InChI=1S/C24H25N3O4S/c28-24(20-3-1-2-17(14-20)16-27-10-12-32(29,30)13-11-27)25-21-8-6-19(7-9-21)23-15-22(26-31-23)18-4-5-18/h1-3,6-9,14-15,18H,4-5,10-13,16H2,(H,25,28). The van der Waals surface area contributed by atoms with E-state index in [2.05, 4.69) is 15.4 Å². The van der Waals surface area contributed by atoms with Gasteiger partial charge in [0.1, 0.15) is 0 Å². The molecule has 1 aliphatic carbocycles. The van der Waals surface area contributed by atoms with Gasteiger partial charge in [0.05, 0.1) is 17.2 Å². The Kier molecular flexibility index (Phi) is 5.57. The topological polar surface area (TPSA) is 92.5 Å². The van der Waals surface area contributed by atoms with Crippen molar-refractivity contribution in [3.05, 3.63) is 71.4 Å². The number of hydrogen-bond donors (Lipinski definition) is 1. The van der Waals surface area contributed by atoms with E-state index < -0.39 is 9.84 Å². The second kappa shape index (κ2) is 8.52. The second-order valence-corrected chi connectivity index (χ2v) is 10.9. The number of nitrogens with one attached hydrogen (secondary N) is 1. The van der Waals surface area contributed by atoms with Gasteiger partial charge in [-0.05, 0) is 54.8 Å². The summed E-state index contributed by atoms with van der Waals surface area (Å²) in [5.41, 5.74) is 4.20. The first-order chi connectivity index (χ1) is 15.4. The number of aromatic nitrogens is 1. The Bertz CT molecular complexity index is 1220. The molecule has 3 aromatic rings. The summed E-state index contributed by atoms with van der Waals surface area (Å²) in [5, 5.41) is 7.08. The Morgan fingerprint density at radius 3 is 2.53 bits per heavy atom. The molecule has 2 fully saturated rings. The van der Waals surface area contributed by atoms with E-state index in [4.69, 9.17) is 4.52 Å². The molecule has 1 aromatic heterocycles. The molecule has 0 unspecified atom stereocenters. The Balaban J connectivity index is 1.21. The van der Waals surface area contributed by atoms with Gasteiger partial charge in [-0.1, -0.05) is 17.3 Å². The number of benzene rings is 2. The van der Waals surface area contributed by atoms with Crippen molar-refractivity contribution in [1.29, 1.82) is 0 Å². The molecule has 8 heteroatoms. The molecule has 1 saturated heterocycles. The Morgan fingerprint density at radius 2 is 1.81 bits per heavy atom. The van der Waals surface area contributed by atoms with Crippen molar-refractivity contribution in [2.45, 2.75) is 25.3 Å². The number of sulfone groups is 1. The average molecular weight is 452 g/mol. The highest BCUT2D eigenvalue weighted by molar-refractivity contribution is 7.91. The summed E-state index contributed by atoms with van der Waals surface area (Å²) < 4.78 is 28.7. The third-order valence-electron chi connectivity index (χ3n) is 5.98. The molecule has 2 heterocycles. The van der Waals surface area contributed by atoms with E-state index in [0.29, 0.717) is 36.8 Å². The van der Waals surface area contributed by atoms with Crippen molar-refractivity contribution in [3.8, 4) is 11.3 Å². The summed E-state index contributed by atoms with van der Waals surface area (Å²) in [6.45, 7) is 1.68. The lowest BCUT2D eigenvalue weighted by molar-refractivity contribution is 0.102. The number of anilines is 1. The lowest BCUT2D eigenvalue weighted by atomic mass is 10.1. The van der Waals surface area contributed by atoms with Crippen molar-refractivity contribution in [2.75, 3.05) is 29.9 Å². The van der Waals surface area contributed by atoms with Crippen molar-refractivity contribution in [2.24, 2.45) is 0 Å². The van der Waals surface area contributed by atoms with E-state index >= 15 is 0 Å². The van der Waals surface area contributed by atoms with Crippen molar-refractivity contribution >= 4 is 21.4 Å². The van der Waals surface area contributed by atoms with Gasteiger partial charge in [-0.15, -0.1) is 0 Å². The van der Waals surface area contributed by atoms with Crippen molar-refractivity contribution < 1.29 is 17.7 Å². The Morgan fingerprint density at radius 1 is 1.06 bits per heavy atom. The first-order valence-corrected chi connectivity index (χ1v) is 12.7. The normalized spacial score (nSPS) is 18.4. The second-order valence-electron chi connectivity index (χ2n) is 8.55. The van der Waals surface area contributed by atoms with Gasteiger partial charge in [-0.25, -0.2) is 8.42 Å². The Hall–Kier alpha value is -2.97. The smallest absolute Gasteiger partial charge is 0.255 e. The fraction of sp³-hybridized carbons (Fsp3) is 0.333. The molecule has 1 saturated carbocycles. The molecule has 32 heavy (non-hydrogen) atoms. The van der Waals surface area contributed by atoms with Crippen LogP contribution in [0.4, 0.5) is 5.69 Å². The molecule has 1 amide bonds. The maximum absolute atomic E-state index is 12.8. The van der Waals surface area contributed by atoms with Crippen LogP contribution in [0.2, 0.25) is 0 Å². The fourth-order valence-corrected chi connectivity index (χ4v) is 5.17. The van der Waals surface area contributed by atoms with Crippen LogP contribution in [0, 0.1) is 0 Å². The van der Waals surface area contributed by atoms with E-state index in [0.717, 1.165) is 22.6 Å². The summed E-state index contributed by atoms with van der Waals surface area (Å²) in [7, 11) is -2.90. The van der Waals surface area contributed by atoms with Gasteiger partial charge in [0, 0.05) is 48.4 Å². The summed E-state index contributed by atoms with van der Waals surface area (Å²) in [5.74, 6) is 1.49. The number of hydrogen-bond acceptors (Lipinski definition) is 6. The minimum absolute atomic E-state index is 0.184. The molecule has 0 spiro atoms. The number of carbonyl (C=O) groups is 1. The van der Waals surface area contributed by atoms with Gasteiger partial charge >= 0.3 is 0 Å². The highest BCUT2D eigenvalue weighted by atomic mass is 32.2. The monoisotopic (exact) mass is 451 g/mol. The van der Waals surface area contributed by atoms with Gasteiger partial charge in [0.2, 0.25) is 0 Å². The molecule has 1 aliphatic heterocycles. The van der Waals surface area contributed by atoms with E-state index in [1.54, 1.807) is 6.07 Å². The number of carbonyl (C=O) groups excluding carboxylic acids is 1. The lowest BCUT2D eigenvalue weighted by Crippen LogP contribution is -2.39. The van der Waals surface area contributed by atoms with E-state index in [1.807, 2.05) is 48.5 Å². The van der Waals surface area contributed by atoms with Crippen LogP contribution in [0.25, 0.3) is 11.3 Å². The molecule has 2 aliphatic rings. The van der Waals surface area contributed by atoms with Gasteiger partial charge in [0.15, 0.2) is 15.6 Å². The van der Waals surface area contributed by atoms with E-state index in [1.165, 1.54) is 12.8 Å². The molecule has 166 valence electrons. The van der Waals surface area contributed by atoms with Crippen LogP contribution in [0.3, 0.4) is 0 Å². The molecular formula is C24H25N3O4S. The molecule has 0 radical (unpaired) electrons. The van der Waals surface area contributed by atoms with Crippen LogP contribution in [0.5, 0.6) is 0 Å². The van der Waals surface area contributed by atoms with Gasteiger partial charge in [-0.3, -0.25) is 9.69 Å². The fourth-order valence-electron chi connectivity index (χ4n) is 3.89. The first kappa shape index (κ1) is 20.9. The number of nitrogens with zero attached hydrogens (tertiary/aromatic N) is 2. The number of amides is 1. The van der Waals surface area contributed by atoms with Crippen LogP contribution in [-0.4, -0.2) is 49.0 Å². The minimum atomic E-state index is -2.90. The van der Waals surface area contributed by atoms with E-state index in [-0.39, 0.29) is 17.4 Å². The average Bonchev–Trinajstić information content (AvgIpc) is 3.53. The molecular weight excluding hydrogens is 426 g/mol. The third-order valence-corrected chi connectivity index (χ3v) is 7.59. The Labute approximate surface area is 187 Å². The minimum Gasteiger partial charge on any atom is -0.356 e. The largest absolute Gasteiger partial charge is 0.356 e. The molecule has 0 atom stereocenters. The van der Waals surface area contributed by atoms with E-state index in [9.17, 15) is 13.2 Å². The zero-order chi connectivity index (χ0) is 22.1. The zero-order valence-electron chi connectivity index (χ0n) is 17.7. The number of rotatable bonds is 6. The molecule has 7 nitrogen and oxygen atoms in total. The van der Waals surface area contributed by atoms with Gasteiger partial charge in [-0.2, -0.15) is 0 Å². The molecule has 2 aromatic carbocycles. The van der Waals surface area contributed by atoms with Crippen LogP contribution >= 0.6 is 0 Å². The summed E-state index contributed by atoms with van der Waals surface area (Å²) in [6.07, 6.45) is 2.36. The summed E-state index contributed by atoms with van der Waals surface area (Å²) in [6, 6.07) is 17.0. The SMILES string of the molecule is O=C(Nc1ccc(-c2cc(C3CC3)no2)cc1)c1cccc(CN2CCS(=O)(=O)CC2)c1. The summed E-state index contributed by atoms with van der Waals surface area (Å²) >= 11 is 0. The van der Waals surface area contributed by atoms with Crippen LogP contribution in [0.1, 0.15) is 40.4 Å².